The number of non-ortho nitro benzene ring substituents is 1. The first-order chi connectivity index (χ1) is 13.0. The van der Waals surface area contributed by atoms with Crippen molar-refractivity contribution in [1.82, 2.24) is 4.90 Å². The highest BCUT2D eigenvalue weighted by molar-refractivity contribution is 6.32. The fraction of sp³-hybridized carbons (Fsp3) is 0.316. The lowest BCUT2D eigenvalue weighted by Crippen LogP contribution is -2.52. The lowest BCUT2D eigenvalue weighted by Gasteiger charge is -2.37. The smallest absolute Gasteiger partial charge is 0.271 e. The average molecular weight is 390 g/mol. The Morgan fingerprint density at radius 2 is 1.81 bits per heavy atom. The molecule has 2 aromatic carbocycles. The second kappa shape index (κ2) is 8.26. The second-order valence-electron chi connectivity index (χ2n) is 6.28. The molecule has 1 saturated heterocycles. The van der Waals surface area contributed by atoms with Crippen molar-refractivity contribution >= 4 is 28.9 Å². The van der Waals surface area contributed by atoms with Gasteiger partial charge in [0.25, 0.3) is 11.6 Å². The van der Waals surface area contributed by atoms with Crippen LogP contribution in [0.4, 0.5) is 11.4 Å². The molecule has 3 rings (SSSR count). The summed E-state index contributed by atoms with van der Waals surface area (Å²) < 4.78 is 5.65. The maximum Gasteiger partial charge on any atom is 0.271 e. The minimum atomic E-state index is -0.729. The first-order valence-corrected chi connectivity index (χ1v) is 9.03. The number of rotatable bonds is 5. The van der Waals surface area contributed by atoms with E-state index in [9.17, 15) is 14.9 Å². The monoisotopic (exact) mass is 389 g/mol. The minimum absolute atomic E-state index is 0.109. The number of benzene rings is 2. The number of amides is 1. The van der Waals surface area contributed by atoms with Gasteiger partial charge in [0.15, 0.2) is 6.10 Å². The van der Waals surface area contributed by atoms with Gasteiger partial charge in [0.1, 0.15) is 5.75 Å². The summed E-state index contributed by atoms with van der Waals surface area (Å²) in [6.07, 6.45) is -0.729. The molecule has 7 nitrogen and oxygen atoms in total. The van der Waals surface area contributed by atoms with E-state index in [1.165, 1.54) is 18.2 Å². The molecule has 27 heavy (non-hydrogen) atoms. The molecule has 0 unspecified atom stereocenters. The lowest BCUT2D eigenvalue weighted by atomic mass is 10.2. The van der Waals surface area contributed by atoms with Gasteiger partial charge in [-0.1, -0.05) is 29.8 Å². The summed E-state index contributed by atoms with van der Waals surface area (Å²) in [4.78, 5) is 26.9. The third-order valence-electron chi connectivity index (χ3n) is 4.49. The van der Waals surface area contributed by atoms with Crippen LogP contribution >= 0.6 is 11.6 Å². The van der Waals surface area contributed by atoms with Crippen LogP contribution in [-0.2, 0) is 4.79 Å². The number of para-hydroxylation sites is 1. The van der Waals surface area contributed by atoms with Gasteiger partial charge in [0.05, 0.1) is 9.95 Å². The van der Waals surface area contributed by atoms with E-state index in [4.69, 9.17) is 16.3 Å². The predicted molar refractivity (Wildman–Crippen MR) is 103 cm³/mol. The maximum absolute atomic E-state index is 12.7. The molecule has 8 heteroatoms. The van der Waals surface area contributed by atoms with Gasteiger partial charge in [-0.3, -0.25) is 14.9 Å². The summed E-state index contributed by atoms with van der Waals surface area (Å²) in [5.74, 6) is 0.128. The molecule has 1 aliphatic heterocycles. The van der Waals surface area contributed by atoms with Crippen molar-refractivity contribution in [2.45, 2.75) is 13.0 Å². The summed E-state index contributed by atoms with van der Waals surface area (Å²) in [6.45, 7) is 4.37. The van der Waals surface area contributed by atoms with E-state index < -0.39 is 11.0 Å². The molecule has 142 valence electrons. The molecule has 0 aromatic heterocycles. The molecule has 0 bridgehead atoms. The third-order valence-corrected chi connectivity index (χ3v) is 4.79. The van der Waals surface area contributed by atoms with Gasteiger partial charge in [0, 0.05) is 44.0 Å². The quantitative estimate of drug-likeness (QED) is 0.579. The summed E-state index contributed by atoms with van der Waals surface area (Å²) >= 11 is 6.03. The highest BCUT2D eigenvalue weighted by atomic mass is 35.5. The number of nitro groups is 1. The van der Waals surface area contributed by atoms with Crippen LogP contribution in [0, 0.1) is 10.1 Å². The Kier molecular flexibility index (Phi) is 5.81. The fourth-order valence-corrected chi connectivity index (χ4v) is 3.24. The van der Waals surface area contributed by atoms with Gasteiger partial charge >= 0.3 is 0 Å². The molecule has 1 atom stereocenters. The van der Waals surface area contributed by atoms with Crippen molar-refractivity contribution in [3.8, 4) is 5.75 Å². The van der Waals surface area contributed by atoms with Gasteiger partial charge in [0.2, 0.25) is 0 Å². The van der Waals surface area contributed by atoms with Crippen molar-refractivity contribution in [2.24, 2.45) is 0 Å². The molecule has 2 aromatic rings. The molecule has 1 amide bonds. The van der Waals surface area contributed by atoms with Gasteiger partial charge in [-0.05, 0) is 25.1 Å². The van der Waals surface area contributed by atoms with E-state index >= 15 is 0 Å². The Labute approximate surface area is 162 Å². The Balaban J connectivity index is 1.57. The summed E-state index contributed by atoms with van der Waals surface area (Å²) in [7, 11) is 0. The van der Waals surface area contributed by atoms with E-state index in [-0.39, 0.29) is 22.4 Å². The van der Waals surface area contributed by atoms with E-state index in [1.54, 1.807) is 11.8 Å². The van der Waals surface area contributed by atoms with Crippen LogP contribution in [0.15, 0.2) is 48.5 Å². The zero-order chi connectivity index (χ0) is 19.4. The fourth-order valence-electron chi connectivity index (χ4n) is 3.02. The molecule has 0 radical (unpaired) electrons. The van der Waals surface area contributed by atoms with Crippen LogP contribution in [0.3, 0.4) is 0 Å². The number of hydrogen-bond acceptors (Lipinski definition) is 5. The number of piperazine rings is 1. The van der Waals surface area contributed by atoms with Crippen LogP contribution in [0.25, 0.3) is 0 Å². The van der Waals surface area contributed by atoms with Crippen molar-refractivity contribution in [1.29, 1.82) is 0 Å². The van der Waals surface area contributed by atoms with Gasteiger partial charge < -0.3 is 14.5 Å². The van der Waals surface area contributed by atoms with Crippen molar-refractivity contribution < 1.29 is 14.5 Å². The third kappa shape index (κ3) is 4.49. The first-order valence-electron chi connectivity index (χ1n) is 8.65. The highest BCUT2D eigenvalue weighted by Crippen LogP contribution is 2.29. The molecule has 0 saturated carbocycles. The normalized spacial score (nSPS) is 15.3. The van der Waals surface area contributed by atoms with E-state index in [1.807, 2.05) is 18.2 Å². The number of anilines is 1. The number of carbonyl (C=O) groups is 1. The summed E-state index contributed by atoms with van der Waals surface area (Å²) in [5.41, 5.74) is 1.02. The van der Waals surface area contributed by atoms with E-state index in [2.05, 4.69) is 17.0 Å². The maximum atomic E-state index is 12.7. The van der Waals surface area contributed by atoms with Crippen molar-refractivity contribution in [3.63, 3.8) is 0 Å². The second-order valence-corrected chi connectivity index (χ2v) is 6.69. The molecule has 0 spiro atoms. The zero-order valence-electron chi connectivity index (χ0n) is 14.9. The number of carbonyl (C=O) groups excluding carboxylic acids is 1. The molecular weight excluding hydrogens is 370 g/mol. The average Bonchev–Trinajstić information content (AvgIpc) is 2.69. The molecule has 0 N–H and O–H groups in total. The molecule has 1 fully saturated rings. The zero-order valence-corrected chi connectivity index (χ0v) is 15.6. The van der Waals surface area contributed by atoms with Crippen LogP contribution < -0.4 is 9.64 Å². The summed E-state index contributed by atoms with van der Waals surface area (Å²) in [5, 5.41) is 10.9. The van der Waals surface area contributed by atoms with Crippen LogP contribution in [0.5, 0.6) is 5.75 Å². The number of nitrogens with zero attached hydrogens (tertiary/aromatic N) is 3. The van der Waals surface area contributed by atoms with Gasteiger partial charge in [-0.15, -0.1) is 0 Å². The Morgan fingerprint density at radius 3 is 2.41 bits per heavy atom. The lowest BCUT2D eigenvalue weighted by molar-refractivity contribution is -0.384. The topological polar surface area (TPSA) is 75.9 Å². The van der Waals surface area contributed by atoms with Crippen LogP contribution in [-0.4, -0.2) is 48.0 Å². The Morgan fingerprint density at radius 1 is 1.15 bits per heavy atom. The van der Waals surface area contributed by atoms with E-state index in [0.29, 0.717) is 13.1 Å². The van der Waals surface area contributed by atoms with Crippen molar-refractivity contribution in [2.75, 3.05) is 31.1 Å². The van der Waals surface area contributed by atoms with Crippen LogP contribution in [0.1, 0.15) is 6.92 Å². The van der Waals surface area contributed by atoms with Gasteiger partial charge in [-0.25, -0.2) is 0 Å². The molecular formula is C19H20ClN3O4. The standard InChI is InChI=1S/C19H20ClN3O4/c1-14(27-18-8-7-16(23(25)26)13-17(18)20)19(24)22-11-9-21(10-12-22)15-5-3-2-4-6-15/h2-8,13-14H,9-12H2,1H3/t14-/m1/s1. The first kappa shape index (κ1) is 19.0. The number of halogens is 1. The number of nitro benzene ring substituents is 1. The summed E-state index contributed by atoms with van der Waals surface area (Å²) in [6, 6.07) is 14.0. The molecule has 1 heterocycles. The number of ether oxygens (including phenoxy) is 1. The Hall–Kier alpha value is -2.80. The highest BCUT2D eigenvalue weighted by Gasteiger charge is 2.26. The SMILES string of the molecule is C[C@@H](Oc1ccc([N+](=O)[O-])cc1Cl)C(=O)N1CCN(c2ccccc2)CC1. The predicted octanol–water partition coefficient (Wildman–Crippen LogP) is 3.36. The molecule has 0 aliphatic carbocycles. The van der Waals surface area contributed by atoms with Crippen LogP contribution in [0.2, 0.25) is 5.02 Å². The Bertz CT molecular complexity index is 823. The van der Waals surface area contributed by atoms with E-state index in [0.717, 1.165) is 18.8 Å². The largest absolute Gasteiger partial charge is 0.479 e. The number of hydrogen-bond donors (Lipinski definition) is 0. The van der Waals surface area contributed by atoms with Gasteiger partial charge in [-0.2, -0.15) is 0 Å². The minimum Gasteiger partial charge on any atom is -0.479 e. The van der Waals surface area contributed by atoms with Crippen molar-refractivity contribution in [3.05, 3.63) is 63.7 Å². The molecule has 1 aliphatic rings.